The second kappa shape index (κ2) is 13.6. The van der Waals surface area contributed by atoms with Gasteiger partial charge in [-0.05, 0) is 60.4 Å². The van der Waals surface area contributed by atoms with Gasteiger partial charge in [-0.3, -0.25) is 14.4 Å². The molecule has 4 atom stereocenters. The second-order valence-corrected chi connectivity index (χ2v) is 12.2. The van der Waals surface area contributed by atoms with Gasteiger partial charge in [0, 0.05) is 44.1 Å². The Balaban J connectivity index is 1.75. The monoisotopic (exact) mass is 597 g/mol. The number of aryl methyl sites for hydroxylation is 1. The van der Waals surface area contributed by atoms with Crippen molar-refractivity contribution in [3.05, 3.63) is 95.1 Å². The number of benzene rings is 3. The van der Waals surface area contributed by atoms with Gasteiger partial charge in [-0.1, -0.05) is 55.8 Å². The zero-order chi connectivity index (χ0) is 31.4. The first-order valence-electron chi connectivity index (χ1n) is 15.4. The summed E-state index contributed by atoms with van der Waals surface area (Å²) in [6.45, 7) is 8.47. The van der Waals surface area contributed by atoms with Crippen molar-refractivity contribution in [1.82, 2.24) is 15.1 Å². The molecule has 2 amide bonds. The number of methoxy groups -OCH3 is 2. The summed E-state index contributed by atoms with van der Waals surface area (Å²) < 4.78 is 10.8. The molecule has 2 heterocycles. The minimum atomic E-state index is -0.855. The molecule has 2 fully saturated rings. The van der Waals surface area contributed by atoms with Gasteiger partial charge in [0.1, 0.15) is 17.5 Å². The van der Waals surface area contributed by atoms with Crippen molar-refractivity contribution in [2.75, 3.05) is 40.4 Å². The predicted molar refractivity (Wildman–Crippen MR) is 170 cm³/mol. The van der Waals surface area contributed by atoms with Crippen LogP contribution in [0.15, 0.2) is 72.8 Å². The first-order chi connectivity index (χ1) is 21.2. The maximum absolute atomic E-state index is 14.8. The third kappa shape index (κ3) is 6.36. The van der Waals surface area contributed by atoms with E-state index in [0.717, 1.165) is 16.7 Å². The first-order valence-corrected chi connectivity index (χ1v) is 15.4. The fraction of sp³-hybridized carbons (Fsp3) is 0.417. The van der Waals surface area contributed by atoms with Crippen molar-refractivity contribution in [3.8, 4) is 11.5 Å². The standard InChI is InChI=1S/C36H43N3O5/c1-23(2)22-30(40)39-33(26-8-6-24(3)7-9-26)32(35(41)27-12-16-29(44-5)17-13-27)31(25-10-14-28(43-4)15-11-25)34(39)36(42)38-20-18-37-19-21-38/h6-17,23,31-34,37H,18-22H2,1-5H3. The number of likely N-dealkylation sites (tertiary alicyclic amines) is 1. The largest absolute Gasteiger partial charge is 0.497 e. The van der Waals surface area contributed by atoms with E-state index in [0.29, 0.717) is 43.2 Å². The van der Waals surface area contributed by atoms with E-state index >= 15 is 0 Å². The molecule has 2 aliphatic rings. The van der Waals surface area contributed by atoms with Crippen LogP contribution in [0.4, 0.5) is 0 Å². The molecule has 0 bridgehead atoms. The lowest BCUT2D eigenvalue weighted by Crippen LogP contribution is -2.55. The number of rotatable bonds is 9. The van der Waals surface area contributed by atoms with Crippen LogP contribution in [0.2, 0.25) is 0 Å². The summed E-state index contributed by atoms with van der Waals surface area (Å²) in [5.74, 6) is -0.251. The molecule has 5 rings (SSSR count). The number of nitrogens with zero attached hydrogens (tertiary/aromatic N) is 2. The highest BCUT2D eigenvalue weighted by Gasteiger charge is 2.58. The van der Waals surface area contributed by atoms with Crippen molar-refractivity contribution in [2.45, 2.75) is 45.2 Å². The maximum atomic E-state index is 14.8. The van der Waals surface area contributed by atoms with Crippen molar-refractivity contribution in [3.63, 3.8) is 0 Å². The normalized spacial score (nSPS) is 21.8. The van der Waals surface area contributed by atoms with Crippen LogP contribution in [-0.2, 0) is 9.59 Å². The predicted octanol–water partition coefficient (Wildman–Crippen LogP) is 5.02. The maximum Gasteiger partial charge on any atom is 0.246 e. The van der Waals surface area contributed by atoms with Crippen LogP contribution in [0, 0.1) is 18.8 Å². The smallest absolute Gasteiger partial charge is 0.246 e. The summed E-state index contributed by atoms with van der Waals surface area (Å²) >= 11 is 0. The molecular formula is C36H43N3O5. The number of ketones is 1. The van der Waals surface area contributed by atoms with E-state index < -0.39 is 23.9 Å². The molecule has 3 aromatic rings. The van der Waals surface area contributed by atoms with Crippen molar-refractivity contribution < 1.29 is 23.9 Å². The average molecular weight is 598 g/mol. The van der Waals surface area contributed by atoms with Crippen LogP contribution < -0.4 is 14.8 Å². The molecule has 3 aromatic carbocycles. The number of hydrogen-bond donors (Lipinski definition) is 1. The van der Waals surface area contributed by atoms with Gasteiger partial charge in [0.25, 0.3) is 0 Å². The molecule has 0 aromatic heterocycles. The Hall–Kier alpha value is -4.17. The van der Waals surface area contributed by atoms with E-state index in [2.05, 4.69) is 5.32 Å². The molecule has 4 unspecified atom stereocenters. The van der Waals surface area contributed by atoms with E-state index in [1.807, 2.05) is 74.2 Å². The molecule has 0 radical (unpaired) electrons. The summed E-state index contributed by atoms with van der Waals surface area (Å²) in [7, 11) is 3.20. The highest BCUT2D eigenvalue weighted by Crippen LogP contribution is 2.52. The third-order valence-electron chi connectivity index (χ3n) is 8.82. The number of ether oxygens (including phenoxy) is 2. The van der Waals surface area contributed by atoms with Crippen LogP contribution >= 0.6 is 0 Å². The average Bonchev–Trinajstić information content (AvgIpc) is 3.41. The third-order valence-corrected chi connectivity index (χ3v) is 8.82. The SMILES string of the molecule is COc1ccc(C(=O)C2C(c3ccc(OC)cc3)C(C(=O)N3CCNCC3)N(C(=O)CC(C)C)C2c2ccc(C)cc2)cc1. The van der Waals surface area contributed by atoms with Crippen molar-refractivity contribution in [2.24, 2.45) is 11.8 Å². The van der Waals surface area contributed by atoms with E-state index in [1.165, 1.54) is 0 Å². The van der Waals surface area contributed by atoms with Crippen LogP contribution in [0.1, 0.15) is 59.3 Å². The molecule has 8 nitrogen and oxygen atoms in total. The second-order valence-electron chi connectivity index (χ2n) is 12.2. The van der Waals surface area contributed by atoms with E-state index in [4.69, 9.17) is 9.47 Å². The summed E-state index contributed by atoms with van der Waals surface area (Å²) in [5.41, 5.74) is 3.25. The van der Waals surface area contributed by atoms with Gasteiger partial charge in [0.05, 0.1) is 26.2 Å². The molecule has 0 saturated carbocycles. The molecule has 0 aliphatic carbocycles. The van der Waals surface area contributed by atoms with Gasteiger partial charge < -0.3 is 24.6 Å². The Bertz CT molecular complexity index is 1450. The van der Waals surface area contributed by atoms with Crippen molar-refractivity contribution >= 4 is 17.6 Å². The minimum Gasteiger partial charge on any atom is -0.497 e. The Labute approximate surface area is 260 Å². The number of carbonyl (C=O) groups excluding carboxylic acids is 3. The molecule has 44 heavy (non-hydrogen) atoms. The quantitative estimate of drug-likeness (QED) is 0.349. The summed E-state index contributed by atoms with van der Waals surface area (Å²) in [6, 6.07) is 21.2. The molecule has 232 valence electrons. The number of piperazine rings is 1. The van der Waals surface area contributed by atoms with Gasteiger partial charge in [-0.25, -0.2) is 0 Å². The number of Topliss-reactive ketones (excluding diaryl/α,β-unsaturated/α-hetero) is 1. The molecular weight excluding hydrogens is 554 g/mol. The Morgan fingerprint density at radius 3 is 1.91 bits per heavy atom. The topological polar surface area (TPSA) is 88.2 Å². The van der Waals surface area contributed by atoms with Crippen LogP contribution in [0.3, 0.4) is 0 Å². The zero-order valence-corrected chi connectivity index (χ0v) is 26.3. The van der Waals surface area contributed by atoms with Crippen LogP contribution in [0.25, 0.3) is 0 Å². The van der Waals surface area contributed by atoms with Crippen LogP contribution in [-0.4, -0.2) is 73.8 Å². The molecule has 1 N–H and O–H groups in total. The Morgan fingerprint density at radius 1 is 0.818 bits per heavy atom. The lowest BCUT2D eigenvalue weighted by molar-refractivity contribution is -0.146. The summed E-state index contributed by atoms with van der Waals surface area (Å²) in [5, 5.41) is 3.32. The highest BCUT2D eigenvalue weighted by atomic mass is 16.5. The van der Waals surface area contributed by atoms with Gasteiger partial charge in [-0.15, -0.1) is 0 Å². The molecule has 0 spiro atoms. The van der Waals surface area contributed by atoms with Gasteiger partial charge in [-0.2, -0.15) is 0 Å². The number of carbonyl (C=O) groups is 3. The van der Waals surface area contributed by atoms with Gasteiger partial charge >= 0.3 is 0 Å². The lowest BCUT2D eigenvalue weighted by atomic mass is 9.75. The fourth-order valence-electron chi connectivity index (χ4n) is 6.62. The highest BCUT2D eigenvalue weighted by molar-refractivity contribution is 6.02. The van der Waals surface area contributed by atoms with Crippen molar-refractivity contribution in [1.29, 1.82) is 0 Å². The number of amides is 2. The Morgan fingerprint density at radius 2 is 1.36 bits per heavy atom. The molecule has 8 heteroatoms. The van der Waals surface area contributed by atoms with E-state index in [-0.39, 0.29) is 29.9 Å². The fourth-order valence-corrected chi connectivity index (χ4v) is 6.62. The summed E-state index contributed by atoms with van der Waals surface area (Å²) in [6.07, 6.45) is 0.270. The molecule has 2 saturated heterocycles. The number of hydrogen-bond acceptors (Lipinski definition) is 6. The van der Waals surface area contributed by atoms with E-state index in [9.17, 15) is 14.4 Å². The number of nitrogens with one attached hydrogen (secondary N) is 1. The van der Waals surface area contributed by atoms with Gasteiger partial charge in [0.15, 0.2) is 5.78 Å². The van der Waals surface area contributed by atoms with E-state index in [1.54, 1.807) is 43.4 Å². The first kappa shape index (κ1) is 31.3. The zero-order valence-electron chi connectivity index (χ0n) is 26.3. The lowest BCUT2D eigenvalue weighted by Gasteiger charge is -2.36. The Kier molecular flexibility index (Phi) is 9.69. The van der Waals surface area contributed by atoms with Gasteiger partial charge in [0.2, 0.25) is 11.8 Å². The van der Waals surface area contributed by atoms with Crippen LogP contribution in [0.5, 0.6) is 11.5 Å². The summed E-state index contributed by atoms with van der Waals surface area (Å²) in [4.78, 5) is 47.5. The minimum absolute atomic E-state index is 0.0758. The molecule has 2 aliphatic heterocycles.